The molecule has 0 radical (unpaired) electrons. The van der Waals surface area contributed by atoms with Crippen molar-refractivity contribution in [3.8, 4) is 5.75 Å². The topological polar surface area (TPSA) is 41.6 Å². The van der Waals surface area contributed by atoms with Crippen molar-refractivity contribution >= 4 is 5.91 Å². The van der Waals surface area contributed by atoms with Gasteiger partial charge in [-0.1, -0.05) is 12.1 Å². The average Bonchev–Trinajstić information content (AvgIpc) is 2.83. The Morgan fingerprint density at radius 1 is 1.44 bits per heavy atom. The van der Waals surface area contributed by atoms with Crippen molar-refractivity contribution in [3.05, 3.63) is 41.5 Å². The van der Waals surface area contributed by atoms with Crippen molar-refractivity contribution < 1.29 is 9.53 Å². The van der Waals surface area contributed by atoms with E-state index in [0.717, 1.165) is 18.8 Å². The largest absolute Gasteiger partial charge is 0.489 e. The summed E-state index contributed by atoms with van der Waals surface area (Å²) in [5.41, 5.74) is 2.52. The Kier molecular flexibility index (Phi) is 3.99. The van der Waals surface area contributed by atoms with E-state index in [1.54, 1.807) is 20.2 Å². The number of amides is 1. The highest BCUT2D eigenvalue weighted by Gasteiger charge is 2.13. The van der Waals surface area contributed by atoms with Crippen LogP contribution in [-0.2, 0) is 17.9 Å². The third-order valence-electron chi connectivity index (χ3n) is 2.88. The summed E-state index contributed by atoms with van der Waals surface area (Å²) in [6, 6.07) is 6.07. The van der Waals surface area contributed by atoms with Crippen LogP contribution in [0.15, 0.2) is 30.4 Å². The van der Waals surface area contributed by atoms with Gasteiger partial charge in [0.15, 0.2) is 0 Å². The molecule has 2 rings (SSSR count). The van der Waals surface area contributed by atoms with Crippen LogP contribution < -0.4 is 10.1 Å². The number of benzene rings is 1. The van der Waals surface area contributed by atoms with Gasteiger partial charge in [-0.05, 0) is 17.7 Å². The molecule has 0 spiro atoms. The van der Waals surface area contributed by atoms with Crippen LogP contribution in [0.25, 0.3) is 0 Å². The second-order valence-electron chi connectivity index (χ2n) is 4.44. The van der Waals surface area contributed by atoms with Crippen molar-refractivity contribution in [1.82, 2.24) is 10.2 Å². The lowest BCUT2D eigenvalue weighted by Gasteiger charge is -2.08. The zero-order valence-electron chi connectivity index (χ0n) is 10.8. The van der Waals surface area contributed by atoms with E-state index >= 15 is 0 Å². The van der Waals surface area contributed by atoms with Gasteiger partial charge < -0.3 is 15.0 Å². The lowest BCUT2D eigenvalue weighted by molar-refractivity contribution is -0.123. The van der Waals surface area contributed by atoms with Crippen molar-refractivity contribution in [2.24, 2.45) is 0 Å². The fourth-order valence-electron chi connectivity index (χ4n) is 1.87. The summed E-state index contributed by atoms with van der Waals surface area (Å²) in [5.74, 6) is 0.873. The molecule has 1 heterocycles. The first-order valence-corrected chi connectivity index (χ1v) is 6.00. The number of nitrogens with one attached hydrogen (secondary N) is 1. The van der Waals surface area contributed by atoms with Gasteiger partial charge in [-0.2, -0.15) is 0 Å². The first-order valence-electron chi connectivity index (χ1n) is 6.00. The standard InChI is InChI=1S/C14H18N2O2/c1-16(2)14(17)7-4-8-18-13-6-3-5-11-9-15-10-12(11)13/h3-7,15H,8-10H2,1-2H3/b7-4+. The van der Waals surface area contributed by atoms with Crippen LogP contribution in [0.1, 0.15) is 11.1 Å². The quantitative estimate of drug-likeness (QED) is 0.815. The molecule has 4 nitrogen and oxygen atoms in total. The normalized spacial score (nSPS) is 13.7. The Labute approximate surface area is 107 Å². The van der Waals surface area contributed by atoms with Gasteiger partial charge >= 0.3 is 0 Å². The monoisotopic (exact) mass is 246 g/mol. The SMILES string of the molecule is CN(C)C(=O)/C=C/COc1cccc2c1CNC2. The second-order valence-corrected chi connectivity index (χ2v) is 4.44. The first-order chi connectivity index (χ1) is 8.68. The summed E-state index contributed by atoms with van der Waals surface area (Å²) in [6.07, 6.45) is 3.27. The molecule has 0 bridgehead atoms. The van der Waals surface area contributed by atoms with E-state index < -0.39 is 0 Å². The van der Waals surface area contributed by atoms with E-state index in [9.17, 15) is 4.79 Å². The van der Waals surface area contributed by atoms with Gasteiger partial charge in [-0.25, -0.2) is 0 Å². The molecule has 0 saturated carbocycles. The summed E-state index contributed by atoms with van der Waals surface area (Å²) in [5, 5.41) is 3.29. The number of rotatable bonds is 4. The van der Waals surface area contributed by atoms with Gasteiger partial charge in [-0.3, -0.25) is 4.79 Å². The van der Waals surface area contributed by atoms with E-state index in [2.05, 4.69) is 11.4 Å². The third-order valence-corrected chi connectivity index (χ3v) is 2.88. The maximum Gasteiger partial charge on any atom is 0.245 e. The Morgan fingerprint density at radius 2 is 2.28 bits per heavy atom. The zero-order valence-corrected chi connectivity index (χ0v) is 10.8. The lowest BCUT2D eigenvalue weighted by Crippen LogP contribution is -2.19. The summed E-state index contributed by atoms with van der Waals surface area (Å²) < 4.78 is 5.68. The molecule has 1 aliphatic heterocycles. The van der Waals surface area contributed by atoms with E-state index in [4.69, 9.17) is 4.74 Å². The maximum atomic E-state index is 11.3. The minimum absolute atomic E-state index is 0.0291. The molecule has 96 valence electrons. The first kappa shape index (κ1) is 12.6. The molecule has 1 aromatic carbocycles. The van der Waals surface area contributed by atoms with Gasteiger partial charge in [0.05, 0.1) is 0 Å². The molecule has 0 aliphatic carbocycles. The number of likely N-dealkylation sites (N-methyl/N-ethyl adjacent to an activating group) is 1. The fraction of sp³-hybridized carbons (Fsp3) is 0.357. The molecule has 1 amide bonds. The van der Waals surface area contributed by atoms with Crippen molar-refractivity contribution in [3.63, 3.8) is 0 Å². The molecule has 0 saturated heterocycles. The van der Waals surface area contributed by atoms with Crippen LogP contribution in [0, 0.1) is 0 Å². The predicted octanol–water partition coefficient (Wildman–Crippen LogP) is 1.31. The molecule has 1 aliphatic rings. The highest BCUT2D eigenvalue weighted by atomic mass is 16.5. The Bertz CT molecular complexity index is 467. The third kappa shape index (κ3) is 2.90. The minimum atomic E-state index is -0.0291. The Hall–Kier alpha value is -1.81. The van der Waals surface area contributed by atoms with Crippen molar-refractivity contribution in [2.45, 2.75) is 13.1 Å². The number of hydrogen-bond acceptors (Lipinski definition) is 3. The number of carbonyl (C=O) groups excluding carboxylic acids is 1. The molecular formula is C14H18N2O2. The molecular weight excluding hydrogens is 228 g/mol. The summed E-state index contributed by atoms with van der Waals surface area (Å²) in [4.78, 5) is 12.8. The molecule has 0 fully saturated rings. The van der Waals surface area contributed by atoms with Crippen LogP contribution in [0.4, 0.5) is 0 Å². The van der Waals surface area contributed by atoms with Gasteiger partial charge in [0.1, 0.15) is 12.4 Å². The predicted molar refractivity (Wildman–Crippen MR) is 70.3 cm³/mol. The lowest BCUT2D eigenvalue weighted by atomic mass is 10.1. The maximum absolute atomic E-state index is 11.3. The molecule has 1 N–H and O–H groups in total. The van der Waals surface area contributed by atoms with Crippen LogP contribution in [0.2, 0.25) is 0 Å². The number of carbonyl (C=O) groups is 1. The second kappa shape index (κ2) is 5.69. The summed E-state index contributed by atoms with van der Waals surface area (Å²) in [7, 11) is 3.45. The van der Waals surface area contributed by atoms with Crippen LogP contribution in [-0.4, -0.2) is 31.5 Å². The van der Waals surface area contributed by atoms with Crippen LogP contribution in [0.3, 0.4) is 0 Å². The molecule has 18 heavy (non-hydrogen) atoms. The number of hydrogen-bond donors (Lipinski definition) is 1. The van der Waals surface area contributed by atoms with Crippen molar-refractivity contribution in [2.75, 3.05) is 20.7 Å². The highest BCUT2D eigenvalue weighted by Crippen LogP contribution is 2.25. The Morgan fingerprint density at radius 3 is 3.06 bits per heavy atom. The van der Waals surface area contributed by atoms with Crippen LogP contribution in [0.5, 0.6) is 5.75 Å². The van der Waals surface area contributed by atoms with Crippen molar-refractivity contribution in [1.29, 1.82) is 0 Å². The van der Waals surface area contributed by atoms with E-state index in [1.807, 2.05) is 12.1 Å². The van der Waals surface area contributed by atoms with E-state index in [1.165, 1.54) is 22.1 Å². The molecule has 0 unspecified atom stereocenters. The van der Waals surface area contributed by atoms with E-state index in [0.29, 0.717) is 6.61 Å². The van der Waals surface area contributed by atoms with Gasteiger partial charge in [0, 0.05) is 38.8 Å². The molecule has 1 aromatic rings. The van der Waals surface area contributed by atoms with Gasteiger partial charge in [0.25, 0.3) is 0 Å². The molecule has 0 aromatic heterocycles. The summed E-state index contributed by atoms with van der Waals surface area (Å²) in [6.45, 7) is 2.17. The summed E-state index contributed by atoms with van der Waals surface area (Å²) >= 11 is 0. The highest BCUT2D eigenvalue weighted by molar-refractivity contribution is 5.87. The van der Waals surface area contributed by atoms with Crippen LogP contribution >= 0.6 is 0 Å². The van der Waals surface area contributed by atoms with E-state index in [-0.39, 0.29) is 5.91 Å². The molecule has 0 atom stereocenters. The Balaban J connectivity index is 1.92. The average molecular weight is 246 g/mol. The smallest absolute Gasteiger partial charge is 0.245 e. The zero-order chi connectivity index (χ0) is 13.0. The molecule has 4 heteroatoms. The van der Waals surface area contributed by atoms with Gasteiger partial charge in [0.2, 0.25) is 5.91 Å². The number of ether oxygens (including phenoxy) is 1. The minimum Gasteiger partial charge on any atom is -0.489 e. The number of fused-ring (bicyclic) bond motifs is 1. The fourth-order valence-corrected chi connectivity index (χ4v) is 1.87. The number of nitrogens with zero attached hydrogens (tertiary/aromatic N) is 1. The van der Waals surface area contributed by atoms with Gasteiger partial charge in [-0.15, -0.1) is 0 Å².